The lowest BCUT2D eigenvalue weighted by molar-refractivity contribution is -0.131. The number of carbonyl (C=O) groups is 1. The van der Waals surface area contributed by atoms with Gasteiger partial charge in [0, 0.05) is 12.4 Å². The van der Waals surface area contributed by atoms with E-state index in [4.69, 9.17) is 9.29 Å². The highest BCUT2D eigenvalue weighted by molar-refractivity contribution is 7.99. The van der Waals surface area contributed by atoms with Crippen molar-refractivity contribution in [1.29, 1.82) is 0 Å². The van der Waals surface area contributed by atoms with Gasteiger partial charge in [-0.1, -0.05) is 6.58 Å². The highest BCUT2D eigenvalue weighted by atomic mass is 32.2. The van der Waals surface area contributed by atoms with E-state index in [1.165, 1.54) is 12.4 Å². The van der Waals surface area contributed by atoms with Gasteiger partial charge in [0.15, 0.2) is 0 Å². The maximum absolute atomic E-state index is 10.3. The van der Waals surface area contributed by atoms with Crippen molar-refractivity contribution in [2.24, 2.45) is 0 Å². The standard InChI is InChI=1S/C7H6N2O3S/c1-5(6(10)11)13-12-7-8-3-2-4-9-7/h2-4H,1H2,(H,10,11). The Labute approximate surface area is 78.7 Å². The summed E-state index contributed by atoms with van der Waals surface area (Å²) in [7, 11) is 0. The Morgan fingerprint density at radius 1 is 1.54 bits per heavy atom. The van der Waals surface area contributed by atoms with Gasteiger partial charge in [0.05, 0.1) is 0 Å². The zero-order valence-electron chi connectivity index (χ0n) is 6.51. The SMILES string of the molecule is C=C(SOc1ncccn1)C(=O)O. The molecule has 0 saturated heterocycles. The number of hydrogen-bond acceptors (Lipinski definition) is 5. The second-order valence-electron chi connectivity index (χ2n) is 1.93. The van der Waals surface area contributed by atoms with E-state index in [1.54, 1.807) is 6.07 Å². The molecule has 0 radical (unpaired) electrons. The molecule has 6 heteroatoms. The summed E-state index contributed by atoms with van der Waals surface area (Å²) in [5.74, 6) is -1.12. The summed E-state index contributed by atoms with van der Waals surface area (Å²) in [4.78, 5) is 17.6. The van der Waals surface area contributed by atoms with Gasteiger partial charge in [0.2, 0.25) is 0 Å². The first kappa shape index (κ1) is 9.53. The normalized spacial score (nSPS) is 9.23. The van der Waals surface area contributed by atoms with E-state index in [1.807, 2.05) is 0 Å². The molecule has 1 aromatic rings. The summed E-state index contributed by atoms with van der Waals surface area (Å²) in [6.45, 7) is 3.25. The van der Waals surface area contributed by atoms with E-state index < -0.39 is 5.97 Å². The van der Waals surface area contributed by atoms with Crippen LogP contribution in [-0.4, -0.2) is 21.0 Å². The Bertz CT molecular complexity index is 315. The van der Waals surface area contributed by atoms with Crippen molar-refractivity contribution in [2.45, 2.75) is 0 Å². The van der Waals surface area contributed by atoms with E-state index in [-0.39, 0.29) is 10.9 Å². The lowest BCUT2D eigenvalue weighted by atomic mass is 10.7. The van der Waals surface area contributed by atoms with Crippen LogP contribution in [0.25, 0.3) is 0 Å². The van der Waals surface area contributed by atoms with E-state index in [2.05, 4.69) is 16.5 Å². The van der Waals surface area contributed by atoms with Gasteiger partial charge in [0.1, 0.15) is 16.9 Å². The number of carboxylic acids is 1. The molecule has 1 heterocycles. The smallest absolute Gasteiger partial charge is 0.344 e. The Morgan fingerprint density at radius 2 is 2.15 bits per heavy atom. The van der Waals surface area contributed by atoms with Crippen molar-refractivity contribution >= 4 is 18.0 Å². The van der Waals surface area contributed by atoms with Crippen LogP contribution in [0.15, 0.2) is 29.9 Å². The molecule has 1 N–H and O–H groups in total. The van der Waals surface area contributed by atoms with Crippen LogP contribution in [0.3, 0.4) is 0 Å². The van der Waals surface area contributed by atoms with Crippen molar-refractivity contribution in [3.8, 4) is 6.01 Å². The maximum Gasteiger partial charge on any atom is 0.344 e. The number of aromatic nitrogens is 2. The van der Waals surface area contributed by atoms with Gasteiger partial charge in [-0.25, -0.2) is 14.8 Å². The van der Waals surface area contributed by atoms with Crippen LogP contribution in [-0.2, 0) is 4.79 Å². The third-order valence-electron chi connectivity index (χ3n) is 0.997. The third-order valence-corrected chi connectivity index (χ3v) is 1.61. The van der Waals surface area contributed by atoms with Crippen LogP contribution in [0.2, 0.25) is 0 Å². The molecule has 1 rings (SSSR count). The van der Waals surface area contributed by atoms with Crippen LogP contribution in [0.5, 0.6) is 6.01 Å². The molecule has 0 aliphatic heterocycles. The summed E-state index contributed by atoms with van der Waals surface area (Å²) in [6.07, 6.45) is 2.98. The number of nitrogens with zero attached hydrogens (tertiary/aromatic N) is 2. The lowest BCUT2D eigenvalue weighted by Gasteiger charge is -1.99. The Morgan fingerprint density at radius 3 is 2.69 bits per heavy atom. The van der Waals surface area contributed by atoms with Gasteiger partial charge < -0.3 is 9.29 Å². The molecule has 0 aliphatic carbocycles. The fourth-order valence-electron chi connectivity index (χ4n) is 0.452. The summed E-state index contributed by atoms with van der Waals surface area (Å²) < 4.78 is 4.84. The van der Waals surface area contributed by atoms with Crippen molar-refractivity contribution in [3.63, 3.8) is 0 Å². The predicted molar refractivity (Wildman–Crippen MR) is 47.0 cm³/mol. The topological polar surface area (TPSA) is 72.3 Å². The average Bonchev–Trinajstić information content (AvgIpc) is 2.15. The second kappa shape index (κ2) is 4.46. The number of rotatable bonds is 4. The third kappa shape index (κ3) is 3.12. The van der Waals surface area contributed by atoms with Gasteiger partial charge in [0.25, 0.3) is 0 Å². The first-order valence-electron chi connectivity index (χ1n) is 3.24. The first-order valence-corrected chi connectivity index (χ1v) is 3.98. The quantitative estimate of drug-likeness (QED) is 0.577. The molecule has 0 saturated carbocycles. The monoisotopic (exact) mass is 198 g/mol. The maximum atomic E-state index is 10.3. The fraction of sp³-hybridized carbons (Fsp3) is 0. The summed E-state index contributed by atoms with van der Waals surface area (Å²) in [5, 5.41) is 8.42. The molecule has 0 amide bonds. The zero-order valence-corrected chi connectivity index (χ0v) is 7.32. The van der Waals surface area contributed by atoms with Gasteiger partial charge in [-0.05, 0) is 6.07 Å². The van der Waals surface area contributed by atoms with Gasteiger partial charge in [-0.2, -0.15) is 0 Å². The van der Waals surface area contributed by atoms with Crippen LogP contribution < -0.4 is 4.18 Å². The van der Waals surface area contributed by atoms with Crippen molar-refractivity contribution in [2.75, 3.05) is 0 Å². The van der Waals surface area contributed by atoms with E-state index in [0.29, 0.717) is 12.0 Å². The molecule has 5 nitrogen and oxygen atoms in total. The van der Waals surface area contributed by atoms with Gasteiger partial charge in [-0.15, -0.1) is 0 Å². The second-order valence-corrected chi connectivity index (χ2v) is 2.75. The van der Waals surface area contributed by atoms with E-state index in [0.717, 1.165) is 0 Å². The molecule has 68 valence electrons. The molecule has 0 fully saturated rings. The summed E-state index contributed by atoms with van der Waals surface area (Å²) in [5.41, 5.74) is 0. The van der Waals surface area contributed by atoms with Crippen LogP contribution in [0, 0.1) is 0 Å². The minimum absolute atomic E-state index is 0.106. The molecule has 0 unspecified atom stereocenters. The lowest BCUT2D eigenvalue weighted by Crippen LogP contribution is -1.97. The minimum atomic E-state index is -1.12. The van der Waals surface area contributed by atoms with Gasteiger partial charge in [-0.3, -0.25) is 0 Å². The Hall–Kier alpha value is -1.56. The highest BCUT2D eigenvalue weighted by Crippen LogP contribution is 2.16. The van der Waals surface area contributed by atoms with Gasteiger partial charge >= 0.3 is 12.0 Å². The number of hydrogen-bond donors (Lipinski definition) is 1. The summed E-state index contributed by atoms with van der Waals surface area (Å²) in [6, 6.07) is 1.73. The van der Waals surface area contributed by atoms with Crippen LogP contribution in [0.1, 0.15) is 0 Å². The number of aliphatic carboxylic acids is 1. The molecule has 0 atom stereocenters. The first-order chi connectivity index (χ1) is 6.20. The molecule has 1 aromatic heterocycles. The van der Waals surface area contributed by atoms with Crippen molar-refractivity contribution in [3.05, 3.63) is 29.9 Å². The van der Waals surface area contributed by atoms with E-state index in [9.17, 15) is 4.79 Å². The highest BCUT2D eigenvalue weighted by Gasteiger charge is 2.07. The summed E-state index contributed by atoms with van der Waals surface area (Å²) >= 11 is 0.619. The number of carboxylic acid groups (broad SMARTS) is 1. The Kier molecular flexibility index (Phi) is 3.27. The molecule has 0 aromatic carbocycles. The largest absolute Gasteiger partial charge is 0.477 e. The average molecular weight is 198 g/mol. The van der Waals surface area contributed by atoms with Crippen molar-refractivity contribution in [1.82, 2.24) is 9.97 Å². The molecule has 0 bridgehead atoms. The zero-order chi connectivity index (χ0) is 9.68. The molecule has 0 spiro atoms. The predicted octanol–water partition coefficient (Wildman–Crippen LogP) is 1.10. The minimum Gasteiger partial charge on any atom is -0.477 e. The fourth-order valence-corrected chi connectivity index (χ4v) is 0.784. The Balaban J connectivity index is 2.44. The van der Waals surface area contributed by atoms with Crippen LogP contribution in [0.4, 0.5) is 0 Å². The molecule has 13 heavy (non-hydrogen) atoms. The van der Waals surface area contributed by atoms with E-state index >= 15 is 0 Å². The van der Waals surface area contributed by atoms with Crippen molar-refractivity contribution < 1.29 is 14.1 Å². The van der Waals surface area contributed by atoms with Crippen LogP contribution >= 0.6 is 12.0 Å². The molecular weight excluding hydrogens is 192 g/mol. The molecular formula is C7H6N2O3S. The molecule has 0 aliphatic rings.